The molecule has 1 heterocycles. The van der Waals surface area contributed by atoms with Crippen LogP contribution in [0.2, 0.25) is 10.0 Å². The van der Waals surface area contributed by atoms with Crippen molar-refractivity contribution in [3.05, 3.63) is 32.3 Å². The zero-order valence-electron chi connectivity index (χ0n) is 10.0. The Kier molecular flexibility index (Phi) is 3.97. The van der Waals surface area contributed by atoms with Crippen molar-refractivity contribution >= 4 is 34.6 Å². The molecule has 1 fully saturated rings. The molecule has 0 bridgehead atoms. The van der Waals surface area contributed by atoms with E-state index in [1.165, 1.54) is 18.6 Å². The Hall–Kier alpha value is -1.00. The third-order valence-electron chi connectivity index (χ3n) is 3.30. The zero-order valence-corrected chi connectivity index (χ0v) is 11.5. The average Bonchev–Trinajstić information content (AvgIpc) is 2.30. The molecule has 0 N–H and O–H groups in total. The Morgan fingerprint density at radius 3 is 2.44 bits per heavy atom. The second-order valence-corrected chi connectivity index (χ2v) is 5.37. The fraction of sp³-hybridized carbons (Fsp3) is 0.500. The maximum absolute atomic E-state index is 10.7. The van der Waals surface area contributed by atoms with Crippen LogP contribution in [-0.2, 0) is 0 Å². The van der Waals surface area contributed by atoms with Gasteiger partial charge in [0, 0.05) is 24.7 Å². The molecular weight excluding hydrogens is 275 g/mol. The van der Waals surface area contributed by atoms with Crippen molar-refractivity contribution in [3.63, 3.8) is 0 Å². The summed E-state index contributed by atoms with van der Waals surface area (Å²) in [5.41, 5.74) is 0.648. The molecule has 18 heavy (non-hydrogen) atoms. The van der Waals surface area contributed by atoms with Gasteiger partial charge in [0.25, 0.3) is 5.69 Å². The smallest absolute Gasteiger partial charge is 0.272 e. The van der Waals surface area contributed by atoms with E-state index in [0.29, 0.717) is 16.1 Å². The number of hydrogen-bond donors (Lipinski definition) is 0. The molecular formula is C12H14Cl2N2O2. The fourth-order valence-corrected chi connectivity index (χ4v) is 3.05. The van der Waals surface area contributed by atoms with E-state index < -0.39 is 4.92 Å². The number of nitro groups is 1. The molecule has 0 saturated carbocycles. The van der Waals surface area contributed by atoms with Crippen LogP contribution in [0.3, 0.4) is 0 Å². The van der Waals surface area contributed by atoms with Gasteiger partial charge in [-0.15, -0.1) is 0 Å². The molecule has 0 aliphatic carbocycles. The summed E-state index contributed by atoms with van der Waals surface area (Å²) < 4.78 is 0. The number of non-ortho nitro benzene ring substituents is 1. The maximum Gasteiger partial charge on any atom is 0.272 e. The molecule has 1 saturated heterocycles. The molecule has 1 aromatic carbocycles. The highest BCUT2D eigenvalue weighted by molar-refractivity contribution is 6.39. The molecule has 1 aliphatic rings. The quantitative estimate of drug-likeness (QED) is 0.603. The second-order valence-electron chi connectivity index (χ2n) is 4.55. The Labute approximate surface area is 116 Å². The standard InChI is InChI=1S/C12H14Cl2N2O2/c1-8-4-2-3-5-15(8)12-10(13)6-9(16(17)18)7-11(12)14/h6-8H,2-5H2,1H3/t8-/m1/s1. The van der Waals surface area contributed by atoms with Crippen LogP contribution in [0.15, 0.2) is 12.1 Å². The van der Waals surface area contributed by atoms with Gasteiger partial charge >= 0.3 is 0 Å². The molecule has 1 aliphatic heterocycles. The summed E-state index contributed by atoms with van der Waals surface area (Å²) in [4.78, 5) is 12.4. The first-order valence-corrected chi connectivity index (χ1v) is 6.66. The summed E-state index contributed by atoms with van der Waals surface area (Å²) in [5.74, 6) is 0. The number of nitro benzene ring substituents is 1. The summed E-state index contributed by atoms with van der Waals surface area (Å²) in [6.45, 7) is 3.01. The van der Waals surface area contributed by atoms with Crippen molar-refractivity contribution in [2.24, 2.45) is 0 Å². The average molecular weight is 289 g/mol. The van der Waals surface area contributed by atoms with Crippen LogP contribution in [0.25, 0.3) is 0 Å². The monoisotopic (exact) mass is 288 g/mol. The third-order valence-corrected chi connectivity index (χ3v) is 3.88. The largest absolute Gasteiger partial charge is 0.366 e. The first-order valence-electron chi connectivity index (χ1n) is 5.91. The summed E-state index contributed by atoms with van der Waals surface area (Å²) in [7, 11) is 0. The van der Waals surface area contributed by atoms with Crippen LogP contribution < -0.4 is 4.90 Å². The molecule has 4 nitrogen and oxygen atoms in total. The lowest BCUT2D eigenvalue weighted by Gasteiger charge is -2.36. The SMILES string of the molecule is C[C@@H]1CCCCN1c1c(Cl)cc([N+](=O)[O-])cc1Cl. The molecule has 1 aromatic rings. The normalized spacial score (nSPS) is 19.9. The van der Waals surface area contributed by atoms with Crippen LogP contribution in [0.1, 0.15) is 26.2 Å². The first-order chi connectivity index (χ1) is 8.50. The first kappa shape index (κ1) is 13.4. The van der Waals surface area contributed by atoms with Crippen molar-refractivity contribution in [2.45, 2.75) is 32.2 Å². The molecule has 6 heteroatoms. The van der Waals surface area contributed by atoms with Crippen LogP contribution in [0, 0.1) is 10.1 Å². The van der Waals surface area contributed by atoms with E-state index in [4.69, 9.17) is 23.2 Å². The van der Waals surface area contributed by atoms with Crippen molar-refractivity contribution in [1.82, 2.24) is 0 Å². The van der Waals surface area contributed by atoms with Gasteiger partial charge in [0.05, 0.1) is 20.7 Å². The van der Waals surface area contributed by atoms with Gasteiger partial charge in [-0.3, -0.25) is 10.1 Å². The van der Waals surface area contributed by atoms with Gasteiger partial charge in [-0.2, -0.15) is 0 Å². The highest BCUT2D eigenvalue weighted by atomic mass is 35.5. The molecule has 0 amide bonds. The second kappa shape index (κ2) is 5.33. The van der Waals surface area contributed by atoms with E-state index in [2.05, 4.69) is 11.8 Å². The van der Waals surface area contributed by atoms with Gasteiger partial charge in [0.1, 0.15) is 0 Å². The van der Waals surface area contributed by atoms with Gasteiger partial charge in [0.2, 0.25) is 0 Å². The van der Waals surface area contributed by atoms with Gasteiger partial charge in [-0.25, -0.2) is 0 Å². The third kappa shape index (κ3) is 2.54. The van der Waals surface area contributed by atoms with Gasteiger partial charge in [-0.05, 0) is 26.2 Å². The van der Waals surface area contributed by atoms with E-state index in [1.807, 2.05) is 0 Å². The topological polar surface area (TPSA) is 46.4 Å². The Morgan fingerprint density at radius 1 is 1.33 bits per heavy atom. The van der Waals surface area contributed by atoms with Crippen molar-refractivity contribution in [1.29, 1.82) is 0 Å². The fourth-order valence-electron chi connectivity index (χ4n) is 2.36. The zero-order chi connectivity index (χ0) is 13.3. The van der Waals surface area contributed by atoms with Crippen LogP contribution in [0.5, 0.6) is 0 Å². The van der Waals surface area contributed by atoms with Crippen molar-refractivity contribution in [2.75, 3.05) is 11.4 Å². The summed E-state index contributed by atoms with van der Waals surface area (Å²) >= 11 is 12.3. The molecule has 2 rings (SSSR count). The van der Waals surface area contributed by atoms with E-state index in [0.717, 1.165) is 25.1 Å². The van der Waals surface area contributed by atoms with E-state index >= 15 is 0 Å². The lowest BCUT2D eigenvalue weighted by molar-refractivity contribution is -0.384. The lowest BCUT2D eigenvalue weighted by Crippen LogP contribution is -2.37. The Morgan fingerprint density at radius 2 is 1.94 bits per heavy atom. The maximum atomic E-state index is 10.7. The number of hydrogen-bond acceptors (Lipinski definition) is 3. The van der Waals surface area contributed by atoms with E-state index in [-0.39, 0.29) is 5.69 Å². The number of anilines is 1. The minimum atomic E-state index is -0.485. The number of halogens is 2. The lowest BCUT2D eigenvalue weighted by atomic mass is 10.0. The molecule has 0 spiro atoms. The van der Waals surface area contributed by atoms with Gasteiger partial charge in [0.15, 0.2) is 0 Å². The number of benzene rings is 1. The Balaban J connectivity index is 2.41. The van der Waals surface area contributed by atoms with Crippen LogP contribution in [0.4, 0.5) is 11.4 Å². The van der Waals surface area contributed by atoms with Crippen LogP contribution >= 0.6 is 23.2 Å². The van der Waals surface area contributed by atoms with Gasteiger partial charge in [-0.1, -0.05) is 23.2 Å². The Bertz CT molecular complexity index is 456. The summed E-state index contributed by atoms with van der Waals surface area (Å²) in [6.07, 6.45) is 3.37. The summed E-state index contributed by atoms with van der Waals surface area (Å²) in [6, 6.07) is 3.09. The molecule has 98 valence electrons. The molecule has 0 radical (unpaired) electrons. The highest BCUT2D eigenvalue weighted by Gasteiger charge is 2.24. The van der Waals surface area contributed by atoms with Gasteiger partial charge < -0.3 is 4.90 Å². The number of nitrogens with zero attached hydrogens (tertiary/aromatic N) is 2. The minimum Gasteiger partial charge on any atom is -0.366 e. The van der Waals surface area contributed by atoms with E-state index in [1.54, 1.807) is 0 Å². The summed E-state index contributed by atoms with van der Waals surface area (Å²) in [5, 5.41) is 11.4. The number of piperidine rings is 1. The van der Waals surface area contributed by atoms with Crippen molar-refractivity contribution < 1.29 is 4.92 Å². The molecule has 0 unspecified atom stereocenters. The number of rotatable bonds is 2. The van der Waals surface area contributed by atoms with E-state index in [9.17, 15) is 10.1 Å². The van der Waals surface area contributed by atoms with Crippen LogP contribution in [-0.4, -0.2) is 17.5 Å². The molecule has 1 atom stereocenters. The predicted octanol–water partition coefficient (Wildman–Crippen LogP) is 4.28. The predicted molar refractivity (Wildman–Crippen MR) is 73.8 cm³/mol. The highest BCUT2D eigenvalue weighted by Crippen LogP contribution is 2.39. The molecule has 0 aromatic heterocycles. The minimum absolute atomic E-state index is 0.0709. The van der Waals surface area contributed by atoms with Crippen molar-refractivity contribution in [3.8, 4) is 0 Å².